The normalized spacial score (nSPS) is 13.5. The number of nitrogens with one attached hydrogen (secondary N) is 2. The largest absolute Gasteiger partial charge is 0.504 e. The number of carbonyl (C=O) groups is 7. The number of hydrogen-bond acceptors (Lipinski definition) is 19. The number of amides is 5. The molecule has 4 aromatic rings. The molecule has 1 fully saturated rings. The van der Waals surface area contributed by atoms with Gasteiger partial charge in [0.25, 0.3) is 5.56 Å². The van der Waals surface area contributed by atoms with E-state index in [0.717, 1.165) is 59.5 Å². The van der Waals surface area contributed by atoms with E-state index in [-0.39, 0.29) is 92.0 Å². The number of aromatic nitrogens is 4. The van der Waals surface area contributed by atoms with Crippen molar-refractivity contribution in [3.63, 3.8) is 0 Å². The van der Waals surface area contributed by atoms with Gasteiger partial charge in [-0.3, -0.25) is 68.7 Å². The molecular weight excluding hydrogens is 1170 g/mol. The number of hydrogen-bond donors (Lipinski definition) is 11. The van der Waals surface area contributed by atoms with Crippen LogP contribution in [0.4, 0.5) is 0 Å². The summed E-state index contributed by atoms with van der Waals surface area (Å²) in [6.45, 7) is 6.81. The van der Waals surface area contributed by atoms with Crippen molar-refractivity contribution >= 4 is 41.3 Å². The van der Waals surface area contributed by atoms with E-state index in [1.54, 1.807) is 37.1 Å². The average Bonchev–Trinajstić information content (AvgIpc) is 1.38. The molecule has 496 valence electrons. The van der Waals surface area contributed by atoms with Crippen molar-refractivity contribution in [3.8, 4) is 17.1 Å². The minimum Gasteiger partial charge on any atom is -0.504 e. The quantitative estimate of drug-likeness (QED) is 0.0137. The van der Waals surface area contributed by atoms with Crippen LogP contribution in [-0.2, 0) is 40.6 Å². The van der Waals surface area contributed by atoms with Gasteiger partial charge in [0.1, 0.15) is 6.04 Å². The van der Waals surface area contributed by atoms with E-state index in [9.17, 15) is 64.0 Å². The van der Waals surface area contributed by atoms with Gasteiger partial charge in [0.05, 0.1) is 22.8 Å². The van der Waals surface area contributed by atoms with Gasteiger partial charge in [0, 0.05) is 115 Å². The fourth-order valence-electron chi connectivity index (χ4n) is 8.78. The smallest absolute Gasteiger partial charge is 0.320 e. The van der Waals surface area contributed by atoms with Crippen molar-refractivity contribution in [2.24, 2.45) is 24.4 Å². The first-order valence-corrected chi connectivity index (χ1v) is 30.3. The highest BCUT2D eigenvalue weighted by atomic mass is 16.5. The summed E-state index contributed by atoms with van der Waals surface area (Å²) < 4.78 is 2.51. The SMILES string of the molecule is CC(=O)N(O)CCCCCNC(=O)CCC(=O)N(O)CCCCCNC(=O)CCC(=O)N(O)CCCCCN.Cc1c(O)c(=O)ccn1C.Cc1cc(C2CCCCC2)n(O)c(=O)c1.NC(CC1C=CC(=O)C(O)=C1)C(=O)O.c1ccc(-c2ccccn2)nc1. The summed E-state index contributed by atoms with van der Waals surface area (Å²) in [7, 11) is 1.77. The lowest BCUT2D eigenvalue weighted by molar-refractivity contribution is -0.166. The predicted octanol–water partition coefficient (Wildman–Crippen LogP) is 5.89. The maximum atomic E-state index is 12.0. The van der Waals surface area contributed by atoms with Gasteiger partial charge in [-0.2, -0.15) is 4.73 Å². The lowest BCUT2D eigenvalue weighted by atomic mass is 9.86. The molecule has 27 heteroatoms. The molecular formula is C63H93N11O16. The van der Waals surface area contributed by atoms with Crippen LogP contribution in [0.5, 0.6) is 5.75 Å². The number of allylic oxidation sites excluding steroid dienone is 3. The zero-order chi connectivity index (χ0) is 67.0. The number of aliphatic carboxylic acids is 1. The van der Waals surface area contributed by atoms with Crippen molar-refractivity contribution in [2.75, 3.05) is 39.3 Å². The first kappa shape index (κ1) is 77.5. The summed E-state index contributed by atoms with van der Waals surface area (Å²) in [5.74, 6) is -4.06. The summed E-state index contributed by atoms with van der Waals surface area (Å²) in [4.78, 5) is 110. The van der Waals surface area contributed by atoms with Crippen LogP contribution in [0, 0.1) is 19.8 Å². The molecule has 1 saturated carbocycles. The fraction of sp³-hybridized carbons (Fsp3) is 0.508. The molecule has 0 bridgehead atoms. The first-order valence-electron chi connectivity index (χ1n) is 30.3. The van der Waals surface area contributed by atoms with E-state index in [1.807, 2.05) is 49.4 Å². The molecule has 4 heterocycles. The lowest BCUT2D eigenvalue weighted by Crippen LogP contribution is -2.32. The Hall–Kier alpha value is -8.63. The first-order chi connectivity index (χ1) is 42.9. The molecule has 2 unspecified atom stereocenters. The van der Waals surface area contributed by atoms with Gasteiger partial charge in [0.2, 0.25) is 40.7 Å². The number of carboxylic acid groups (broad SMARTS) is 1. The molecule has 0 aliphatic heterocycles. The molecule has 6 rings (SSSR count). The molecule has 2 aliphatic rings. The monoisotopic (exact) mass is 1260 g/mol. The van der Waals surface area contributed by atoms with Crippen LogP contribution in [0.25, 0.3) is 11.4 Å². The van der Waals surface area contributed by atoms with Crippen LogP contribution in [0.1, 0.15) is 152 Å². The molecule has 0 aromatic carbocycles. The van der Waals surface area contributed by atoms with Crippen molar-refractivity contribution in [3.05, 3.63) is 135 Å². The number of nitrogens with two attached hydrogens (primary N) is 2. The number of aliphatic hydroxyl groups excluding tert-OH is 1. The molecule has 0 saturated heterocycles. The Morgan fingerprint density at radius 3 is 1.67 bits per heavy atom. The molecule has 0 radical (unpaired) electrons. The fourth-order valence-corrected chi connectivity index (χ4v) is 8.78. The Labute approximate surface area is 524 Å². The number of unbranched alkanes of at least 4 members (excludes halogenated alkanes) is 6. The molecule has 0 spiro atoms. The maximum Gasteiger partial charge on any atom is 0.320 e. The number of ketones is 1. The molecule has 4 aromatic heterocycles. The third-order valence-electron chi connectivity index (χ3n) is 14.2. The van der Waals surface area contributed by atoms with E-state index in [4.69, 9.17) is 26.8 Å². The van der Waals surface area contributed by atoms with Gasteiger partial charge in [0.15, 0.2) is 11.5 Å². The summed E-state index contributed by atoms with van der Waals surface area (Å²) >= 11 is 0. The van der Waals surface area contributed by atoms with Gasteiger partial charge < -0.3 is 47.2 Å². The Balaban J connectivity index is 0.000000435. The van der Waals surface area contributed by atoms with Gasteiger partial charge in [-0.25, -0.2) is 15.2 Å². The molecule has 90 heavy (non-hydrogen) atoms. The Kier molecular flexibility index (Phi) is 37.8. The zero-order valence-electron chi connectivity index (χ0n) is 52.2. The second kappa shape index (κ2) is 43.9. The highest BCUT2D eigenvalue weighted by Gasteiger charge is 2.22. The van der Waals surface area contributed by atoms with Crippen LogP contribution in [0.15, 0.2) is 107 Å². The third kappa shape index (κ3) is 32.0. The number of nitrogens with zero attached hydrogens (tertiary/aromatic N) is 7. The van der Waals surface area contributed by atoms with E-state index < -0.39 is 35.5 Å². The number of hydroxylamine groups is 6. The second-order valence-corrected chi connectivity index (χ2v) is 21.6. The van der Waals surface area contributed by atoms with Crippen LogP contribution in [0.2, 0.25) is 0 Å². The number of rotatable bonds is 28. The van der Waals surface area contributed by atoms with E-state index in [2.05, 4.69) is 20.6 Å². The van der Waals surface area contributed by atoms with Gasteiger partial charge in [-0.15, -0.1) is 0 Å². The Bertz CT molecular complexity index is 2990. The van der Waals surface area contributed by atoms with Gasteiger partial charge in [-0.05, 0) is 139 Å². The molecule has 13 N–H and O–H groups in total. The summed E-state index contributed by atoms with van der Waals surface area (Å²) in [6.07, 6.45) is 21.1. The van der Waals surface area contributed by atoms with Crippen molar-refractivity contribution < 1.29 is 69.7 Å². The molecule has 27 nitrogen and oxygen atoms in total. The number of aliphatic hydroxyl groups is 1. The van der Waals surface area contributed by atoms with Crippen molar-refractivity contribution in [2.45, 2.75) is 155 Å². The van der Waals surface area contributed by atoms with E-state index in [1.165, 1.54) is 56.5 Å². The standard InChI is InChI=1S/C25H48N6O8.C12H17NO2.C10H8N2.C9H11NO4.C7H9NO2/c1-21(32)29(37)18-9-3-6-16-27-22(33)12-14-25(36)31(39)20-10-4-7-17-28-23(34)11-13-24(35)30(38)19-8-2-5-15-26;1-9-7-11(13(15)12(14)8-9)10-5-3-2-4-6-10;1-3-7-11-9(5-1)10-6-2-4-8-12-10;10-6(9(13)14)3-5-1-2-7(11)8(12)4-5;1-5-7(10)6(9)3-4-8(5)2/h37-39H,2-20,26H2,1H3,(H,27,33)(H,28,34);7-8,10,15H,2-6H2,1H3;1-8H;1-2,4-6,12H,3,10H2,(H,13,14);3-4,10H,1-2H3. The number of carbonyl (C=O) groups excluding carboxylic acids is 6. The Morgan fingerprint density at radius 1 is 0.700 bits per heavy atom. The van der Waals surface area contributed by atoms with Crippen molar-refractivity contribution in [1.82, 2.24) is 45.1 Å². The second-order valence-electron chi connectivity index (χ2n) is 21.6. The average molecular weight is 1260 g/mol. The Morgan fingerprint density at radius 2 is 1.21 bits per heavy atom. The number of pyridine rings is 4. The predicted molar refractivity (Wildman–Crippen MR) is 334 cm³/mol. The molecule has 5 amide bonds. The summed E-state index contributed by atoms with van der Waals surface area (Å²) in [5, 5.41) is 72.4. The third-order valence-corrected chi connectivity index (χ3v) is 14.2. The lowest BCUT2D eigenvalue weighted by Gasteiger charge is -2.22. The summed E-state index contributed by atoms with van der Waals surface area (Å²) in [6, 6.07) is 15.3. The number of carboxylic acids is 1. The van der Waals surface area contributed by atoms with Gasteiger partial charge in [-0.1, -0.05) is 43.9 Å². The van der Waals surface area contributed by atoms with Crippen LogP contribution in [0.3, 0.4) is 0 Å². The van der Waals surface area contributed by atoms with E-state index >= 15 is 0 Å². The van der Waals surface area contributed by atoms with Crippen LogP contribution >= 0.6 is 0 Å². The topological polar surface area (TPSA) is 417 Å². The number of aryl methyl sites for hydroxylation is 2. The molecule has 2 atom stereocenters. The van der Waals surface area contributed by atoms with Gasteiger partial charge >= 0.3 is 5.97 Å². The zero-order valence-corrected chi connectivity index (χ0v) is 52.2. The summed E-state index contributed by atoms with van der Waals surface area (Å²) in [5.41, 5.74) is 14.2. The minimum atomic E-state index is -1.09. The van der Waals surface area contributed by atoms with Crippen LogP contribution in [-0.4, -0.2) is 157 Å². The number of aromatic hydroxyl groups is 1. The van der Waals surface area contributed by atoms with Crippen LogP contribution < -0.4 is 33.1 Å². The maximum absolute atomic E-state index is 12.0. The highest BCUT2D eigenvalue weighted by Crippen LogP contribution is 2.32. The molecule has 2 aliphatic carbocycles. The van der Waals surface area contributed by atoms with E-state index in [0.29, 0.717) is 85.0 Å². The minimum absolute atomic E-state index is 0.0191. The highest BCUT2D eigenvalue weighted by molar-refractivity contribution is 6.03. The van der Waals surface area contributed by atoms with Crippen molar-refractivity contribution in [1.29, 1.82) is 0 Å².